The summed E-state index contributed by atoms with van der Waals surface area (Å²) in [5.74, 6) is -1.14. The average Bonchev–Trinajstić information content (AvgIpc) is 2.78. The summed E-state index contributed by atoms with van der Waals surface area (Å²) in [4.78, 5) is 40.4. The molecule has 3 atom stereocenters. The van der Waals surface area contributed by atoms with E-state index < -0.39 is 23.1 Å². The van der Waals surface area contributed by atoms with E-state index in [2.05, 4.69) is 0 Å². The van der Waals surface area contributed by atoms with Gasteiger partial charge >= 0.3 is 11.9 Å². The van der Waals surface area contributed by atoms with Crippen molar-refractivity contribution in [2.24, 2.45) is 11.3 Å². The number of cyclic esters (lactones) is 2. The van der Waals surface area contributed by atoms with Crippen LogP contribution in [0.15, 0.2) is 47.3 Å². The Bertz CT molecular complexity index is 1150. The molecule has 5 rings (SSSR count). The first-order valence-electron chi connectivity index (χ1n) is 11.8. The average molecular weight is 468 g/mol. The third-order valence-corrected chi connectivity index (χ3v) is 7.35. The summed E-state index contributed by atoms with van der Waals surface area (Å²) in [6.07, 6.45) is 1.21. The molecule has 0 aliphatic carbocycles. The van der Waals surface area contributed by atoms with Crippen LogP contribution in [0.4, 0.5) is 0 Å². The van der Waals surface area contributed by atoms with Gasteiger partial charge in [0.05, 0.1) is 20.2 Å². The second-order valence-electron chi connectivity index (χ2n) is 10.3. The van der Waals surface area contributed by atoms with Crippen molar-refractivity contribution in [3.63, 3.8) is 0 Å². The van der Waals surface area contributed by atoms with Crippen LogP contribution in [0.5, 0.6) is 5.75 Å². The predicted octanol–water partition coefficient (Wildman–Crippen LogP) is 0.924. The van der Waals surface area contributed by atoms with Crippen LogP contribution in [-0.4, -0.2) is 49.0 Å². The number of hydrogen-bond acceptors (Lipinski definition) is 6. The first kappa shape index (κ1) is 22.7. The Labute approximate surface area is 198 Å². The number of carbonyl (C=O) groups excluding carboxylic acids is 2. The molecule has 180 valence electrons. The first-order valence-corrected chi connectivity index (χ1v) is 11.8. The van der Waals surface area contributed by atoms with Crippen LogP contribution in [0.2, 0.25) is 0 Å². The fourth-order valence-corrected chi connectivity index (χ4v) is 5.88. The van der Waals surface area contributed by atoms with Crippen molar-refractivity contribution in [3.8, 4) is 5.75 Å². The molecular formula is C26H31N2O6+. The van der Waals surface area contributed by atoms with Gasteiger partial charge in [-0.15, -0.1) is 0 Å². The molecule has 3 aliphatic heterocycles. The highest BCUT2D eigenvalue weighted by molar-refractivity contribution is 6.02. The number of likely N-dealkylation sites (tertiary alicyclic amines) is 1. The van der Waals surface area contributed by atoms with Crippen molar-refractivity contribution >= 4 is 11.9 Å². The molecular weight excluding hydrogens is 436 g/mol. The van der Waals surface area contributed by atoms with Gasteiger partial charge < -0.3 is 23.7 Å². The number of fused-ring (bicyclic) bond motifs is 4. The lowest BCUT2D eigenvalue weighted by molar-refractivity contribution is -0.915. The summed E-state index contributed by atoms with van der Waals surface area (Å²) in [5.41, 5.74) is 0.484. The number of aromatic nitrogens is 1. The molecule has 4 heterocycles. The van der Waals surface area contributed by atoms with Gasteiger partial charge in [0.1, 0.15) is 12.3 Å². The molecule has 1 unspecified atom stereocenters. The van der Waals surface area contributed by atoms with Crippen LogP contribution in [0.3, 0.4) is 0 Å². The number of quaternary nitrogens is 1. The Hall–Kier alpha value is -3.13. The summed E-state index contributed by atoms with van der Waals surface area (Å²) in [6, 6.07) is 12.8. The SMILES string of the molecule is COc1ccc(CC2(C[NH+]3C[C@H]4C[C@H](C3)c3cccc(=O)n3C4)C(=O)OC(C)(C)OC2=O)cc1. The van der Waals surface area contributed by atoms with Gasteiger partial charge in [-0.3, -0.25) is 14.4 Å². The van der Waals surface area contributed by atoms with Gasteiger partial charge in [-0.1, -0.05) is 18.2 Å². The van der Waals surface area contributed by atoms with E-state index in [0.29, 0.717) is 18.2 Å². The molecule has 0 amide bonds. The van der Waals surface area contributed by atoms with E-state index in [0.717, 1.165) is 35.7 Å². The molecule has 3 aliphatic rings. The van der Waals surface area contributed by atoms with Crippen molar-refractivity contribution in [1.82, 2.24) is 4.57 Å². The minimum atomic E-state index is -1.43. The standard InChI is InChI=1S/C26H30N2O6/c1-25(2)33-23(30)26(24(31)34-25,12-17-7-9-20(32-3)10-8-17)16-27-13-18-11-19(15-27)21-5-4-6-22(29)28(21)14-18/h4-10,18-19H,11-16H2,1-3H3/p+1/t18-,19-/m1/s1. The number of ether oxygens (including phenoxy) is 3. The number of nitrogens with one attached hydrogen (secondary N) is 1. The molecule has 0 radical (unpaired) electrons. The fourth-order valence-electron chi connectivity index (χ4n) is 5.88. The number of esters is 2. The number of pyridine rings is 1. The molecule has 34 heavy (non-hydrogen) atoms. The molecule has 1 aromatic carbocycles. The second kappa shape index (κ2) is 8.27. The Morgan fingerprint density at radius 2 is 1.74 bits per heavy atom. The quantitative estimate of drug-likeness (QED) is 0.520. The molecule has 2 fully saturated rings. The van der Waals surface area contributed by atoms with Crippen LogP contribution >= 0.6 is 0 Å². The number of carbonyl (C=O) groups is 2. The second-order valence-corrected chi connectivity index (χ2v) is 10.3. The highest BCUT2D eigenvalue weighted by atomic mass is 16.7. The van der Waals surface area contributed by atoms with Gasteiger partial charge in [-0.25, -0.2) is 0 Å². The Morgan fingerprint density at radius 3 is 2.41 bits per heavy atom. The molecule has 1 N–H and O–H groups in total. The number of nitrogens with zero attached hydrogens (tertiary/aromatic N) is 1. The normalized spacial score (nSPS) is 26.7. The Morgan fingerprint density at radius 1 is 1.03 bits per heavy atom. The van der Waals surface area contributed by atoms with Crippen molar-refractivity contribution in [2.45, 2.75) is 44.9 Å². The maximum absolute atomic E-state index is 13.4. The van der Waals surface area contributed by atoms with E-state index in [1.165, 1.54) is 0 Å². The van der Waals surface area contributed by atoms with E-state index >= 15 is 0 Å². The number of hydrogen-bond donors (Lipinski definition) is 1. The monoisotopic (exact) mass is 467 g/mol. The molecule has 8 heteroatoms. The molecule has 2 bridgehead atoms. The molecule has 2 saturated heterocycles. The van der Waals surface area contributed by atoms with Crippen LogP contribution in [0, 0.1) is 11.3 Å². The van der Waals surface area contributed by atoms with Gasteiger partial charge in [0.25, 0.3) is 11.3 Å². The van der Waals surface area contributed by atoms with E-state index in [1.807, 2.05) is 41.0 Å². The molecule has 8 nitrogen and oxygen atoms in total. The zero-order valence-electron chi connectivity index (χ0n) is 19.8. The molecule has 0 saturated carbocycles. The zero-order valence-corrected chi connectivity index (χ0v) is 19.8. The van der Waals surface area contributed by atoms with Crippen molar-refractivity contribution in [1.29, 1.82) is 0 Å². The fraction of sp³-hybridized carbons (Fsp3) is 0.500. The van der Waals surface area contributed by atoms with Gasteiger partial charge in [0.15, 0.2) is 0 Å². The van der Waals surface area contributed by atoms with Crippen LogP contribution < -0.4 is 15.2 Å². The molecule has 2 aromatic rings. The highest BCUT2D eigenvalue weighted by Gasteiger charge is 2.59. The van der Waals surface area contributed by atoms with Crippen LogP contribution in [0.25, 0.3) is 0 Å². The summed E-state index contributed by atoms with van der Waals surface area (Å²) >= 11 is 0. The van der Waals surface area contributed by atoms with E-state index in [4.69, 9.17) is 14.2 Å². The van der Waals surface area contributed by atoms with Gasteiger partial charge in [-0.2, -0.15) is 0 Å². The van der Waals surface area contributed by atoms with Gasteiger partial charge in [0.2, 0.25) is 5.41 Å². The van der Waals surface area contributed by atoms with E-state index in [9.17, 15) is 14.4 Å². The van der Waals surface area contributed by atoms with Gasteiger partial charge in [0, 0.05) is 50.4 Å². The predicted molar refractivity (Wildman–Crippen MR) is 123 cm³/mol. The van der Waals surface area contributed by atoms with Crippen molar-refractivity contribution in [2.75, 3.05) is 26.7 Å². The molecule has 0 spiro atoms. The maximum atomic E-state index is 13.4. The smallest absolute Gasteiger partial charge is 0.333 e. The topological polar surface area (TPSA) is 88.3 Å². The summed E-state index contributed by atoms with van der Waals surface area (Å²) < 4.78 is 18.4. The lowest BCUT2D eigenvalue weighted by atomic mass is 9.77. The van der Waals surface area contributed by atoms with E-state index in [-0.39, 0.29) is 24.4 Å². The third kappa shape index (κ3) is 4.00. The number of rotatable bonds is 5. The van der Waals surface area contributed by atoms with E-state index in [1.54, 1.807) is 27.0 Å². The largest absolute Gasteiger partial charge is 0.497 e. The Kier molecular flexibility index (Phi) is 5.51. The number of benzene rings is 1. The van der Waals surface area contributed by atoms with Gasteiger partial charge in [-0.05, 0) is 30.2 Å². The summed E-state index contributed by atoms with van der Waals surface area (Å²) in [7, 11) is 1.59. The first-order chi connectivity index (χ1) is 16.2. The highest BCUT2D eigenvalue weighted by Crippen LogP contribution is 2.36. The van der Waals surface area contributed by atoms with Crippen LogP contribution in [0.1, 0.15) is 37.4 Å². The van der Waals surface area contributed by atoms with Crippen molar-refractivity contribution < 1.29 is 28.7 Å². The number of methoxy groups -OCH3 is 1. The lowest BCUT2D eigenvalue weighted by Gasteiger charge is -2.45. The third-order valence-electron chi connectivity index (χ3n) is 7.35. The molecule has 1 aromatic heterocycles. The van der Waals surface area contributed by atoms with Crippen LogP contribution in [-0.2, 0) is 32.0 Å². The summed E-state index contributed by atoms with van der Waals surface area (Å²) in [6.45, 7) is 5.64. The zero-order chi connectivity index (χ0) is 24.1. The Balaban J connectivity index is 1.45. The van der Waals surface area contributed by atoms with Crippen molar-refractivity contribution in [3.05, 3.63) is 64.1 Å². The lowest BCUT2D eigenvalue weighted by Crippen LogP contribution is -3.16. The minimum absolute atomic E-state index is 0.0355. The maximum Gasteiger partial charge on any atom is 0.333 e. The number of piperidine rings is 1. The summed E-state index contributed by atoms with van der Waals surface area (Å²) in [5, 5.41) is 0. The minimum Gasteiger partial charge on any atom is -0.497 e.